The number of rotatable bonds is 3. The minimum atomic E-state index is -4.46. The fourth-order valence-corrected chi connectivity index (χ4v) is 1.22. The molecule has 0 saturated carbocycles. The number of anilines is 1. The molecular formula is C11H11F3N2O. The number of benzene rings is 1. The van der Waals surface area contributed by atoms with Crippen LogP contribution in [0.4, 0.5) is 18.9 Å². The summed E-state index contributed by atoms with van der Waals surface area (Å²) in [6, 6.07) is 4.55. The lowest BCUT2D eigenvalue weighted by molar-refractivity contribution is -0.137. The molecule has 0 aliphatic rings. The van der Waals surface area contributed by atoms with Crippen molar-refractivity contribution < 1.29 is 18.3 Å². The van der Waals surface area contributed by atoms with Crippen LogP contribution in [0.5, 0.6) is 0 Å². The first-order valence-corrected chi connectivity index (χ1v) is 4.88. The molecule has 1 aromatic rings. The Bertz CT molecular complexity index is 435. The minimum absolute atomic E-state index is 0.0968. The molecule has 0 aromatic heterocycles. The van der Waals surface area contributed by atoms with E-state index in [1.165, 1.54) is 13.0 Å². The van der Waals surface area contributed by atoms with Crippen LogP contribution in [0.3, 0.4) is 0 Å². The number of halogens is 3. The molecule has 1 rings (SSSR count). The average molecular weight is 244 g/mol. The highest BCUT2D eigenvalue weighted by Gasteiger charge is 2.31. The van der Waals surface area contributed by atoms with Gasteiger partial charge in [0, 0.05) is 6.54 Å². The summed E-state index contributed by atoms with van der Waals surface area (Å²) >= 11 is 0. The van der Waals surface area contributed by atoms with Gasteiger partial charge in [0.1, 0.15) is 6.07 Å². The third-order valence-corrected chi connectivity index (χ3v) is 2.06. The van der Waals surface area contributed by atoms with Gasteiger partial charge in [-0.2, -0.15) is 18.4 Å². The number of hydrogen-bond acceptors (Lipinski definition) is 3. The second-order valence-electron chi connectivity index (χ2n) is 3.60. The Morgan fingerprint density at radius 1 is 1.47 bits per heavy atom. The number of nitrogens with one attached hydrogen (secondary N) is 1. The molecule has 3 nitrogen and oxygen atoms in total. The third kappa shape index (κ3) is 3.64. The van der Waals surface area contributed by atoms with Crippen LogP contribution in [0.15, 0.2) is 18.2 Å². The lowest BCUT2D eigenvalue weighted by Crippen LogP contribution is -2.16. The van der Waals surface area contributed by atoms with E-state index >= 15 is 0 Å². The maximum absolute atomic E-state index is 12.4. The maximum atomic E-state index is 12.4. The van der Waals surface area contributed by atoms with Crippen molar-refractivity contribution in [2.75, 3.05) is 11.9 Å². The lowest BCUT2D eigenvalue weighted by Gasteiger charge is -2.12. The molecule has 17 heavy (non-hydrogen) atoms. The van der Waals surface area contributed by atoms with E-state index in [1.807, 2.05) is 0 Å². The monoisotopic (exact) mass is 244 g/mol. The Balaban J connectivity index is 2.99. The summed E-state index contributed by atoms with van der Waals surface area (Å²) < 4.78 is 37.1. The molecule has 0 aliphatic heterocycles. The Labute approximate surface area is 96.5 Å². The Hall–Kier alpha value is -1.74. The van der Waals surface area contributed by atoms with Crippen LogP contribution < -0.4 is 5.32 Å². The van der Waals surface area contributed by atoms with Crippen molar-refractivity contribution in [1.82, 2.24) is 0 Å². The third-order valence-electron chi connectivity index (χ3n) is 2.06. The van der Waals surface area contributed by atoms with Gasteiger partial charge >= 0.3 is 6.18 Å². The molecule has 0 spiro atoms. The largest absolute Gasteiger partial charge is 0.416 e. The summed E-state index contributed by atoms with van der Waals surface area (Å²) in [6.45, 7) is 1.70. The molecule has 0 saturated heterocycles. The molecule has 2 N–H and O–H groups in total. The lowest BCUT2D eigenvalue weighted by atomic mass is 10.1. The molecule has 92 valence electrons. The number of alkyl halides is 3. The second-order valence-corrected chi connectivity index (χ2v) is 3.60. The zero-order valence-electron chi connectivity index (χ0n) is 9.04. The maximum Gasteiger partial charge on any atom is 0.416 e. The molecule has 0 bridgehead atoms. The molecule has 0 fully saturated rings. The number of nitriles is 1. The molecule has 6 heteroatoms. The van der Waals surface area contributed by atoms with Crippen molar-refractivity contribution in [2.24, 2.45) is 0 Å². The van der Waals surface area contributed by atoms with Gasteiger partial charge in [0.15, 0.2) is 0 Å². The molecular weight excluding hydrogens is 233 g/mol. The fraction of sp³-hybridized carbons (Fsp3) is 0.364. The van der Waals surface area contributed by atoms with Crippen molar-refractivity contribution in [1.29, 1.82) is 5.26 Å². The number of aliphatic hydroxyl groups excluding tert-OH is 1. The molecule has 0 heterocycles. The summed E-state index contributed by atoms with van der Waals surface area (Å²) in [5.74, 6) is 0. The summed E-state index contributed by atoms with van der Waals surface area (Å²) in [6.07, 6.45) is -5.11. The highest BCUT2D eigenvalue weighted by Crippen LogP contribution is 2.31. The van der Waals surface area contributed by atoms with Gasteiger partial charge in [0.25, 0.3) is 0 Å². The Morgan fingerprint density at radius 3 is 2.59 bits per heavy atom. The van der Waals surface area contributed by atoms with E-state index in [0.717, 1.165) is 12.1 Å². The average Bonchev–Trinajstić information content (AvgIpc) is 2.24. The van der Waals surface area contributed by atoms with Crippen LogP contribution in [0.1, 0.15) is 18.1 Å². The number of aliphatic hydroxyl groups is 1. The molecule has 0 aliphatic carbocycles. The van der Waals surface area contributed by atoms with Crippen molar-refractivity contribution >= 4 is 5.69 Å². The van der Waals surface area contributed by atoms with E-state index in [0.29, 0.717) is 0 Å². The fourth-order valence-electron chi connectivity index (χ4n) is 1.22. The van der Waals surface area contributed by atoms with Crippen LogP contribution in [0, 0.1) is 11.3 Å². The molecule has 0 radical (unpaired) electrons. The van der Waals surface area contributed by atoms with Gasteiger partial charge in [0.05, 0.1) is 22.9 Å². The highest BCUT2D eigenvalue weighted by atomic mass is 19.4. The van der Waals surface area contributed by atoms with Crippen LogP contribution >= 0.6 is 0 Å². The number of hydrogen-bond donors (Lipinski definition) is 2. The molecule has 1 atom stereocenters. The summed E-state index contributed by atoms with van der Waals surface area (Å²) in [4.78, 5) is 0. The smallest absolute Gasteiger partial charge is 0.392 e. The first kappa shape index (κ1) is 13.3. The predicted octanol–water partition coefficient (Wildman–Crippen LogP) is 2.37. The first-order chi connectivity index (χ1) is 7.84. The minimum Gasteiger partial charge on any atom is -0.392 e. The molecule has 1 unspecified atom stereocenters. The van der Waals surface area contributed by atoms with E-state index in [2.05, 4.69) is 5.32 Å². The quantitative estimate of drug-likeness (QED) is 0.858. The molecule has 1 aromatic carbocycles. The van der Waals surface area contributed by atoms with E-state index in [4.69, 9.17) is 10.4 Å². The zero-order chi connectivity index (χ0) is 13.1. The predicted molar refractivity (Wildman–Crippen MR) is 56.3 cm³/mol. The van der Waals surface area contributed by atoms with Gasteiger partial charge in [-0.15, -0.1) is 0 Å². The van der Waals surface area contributed by atoms with Crippen molar-refractivity contribution in [2.45, 2.75) is 19.2 Å². The zero-order valence-corrected chi connectivity index (χ0v) is 9.04. The Kier molecular flexibility index (Phi) is 3.97. The van der Waals surface area contributed by atoms with E-state index in [-0.39, 0.29) is 17.8 Å². The topological polar surface area (TPSA) is 56.0 Å². The number of nitrogens with zero attached hydrogens (tertiary/aromatic N) is 1. The Morgan fingerprint density at radius 2 is 2.12 bits per heavy atom. The highest BCUT2D eigenvalue weighted by molar-refractivity contribution is 5.59. The second kappa shape index (κ2) is 5.06. The SMILES string of the molecule is CC(O)CNc1ccc(C(F)(F)F)cc1C#N. The van der Waals surface area contributed by atoms with Crippen LogP contribution in [-0.2, 0) is 6.18 Å². The van der Waals surface area contributed by atoms with Gasteiger partial charge in [-0.3, -0.25) is 0 Å². The summed E-state index contributed by atoms with van der Waals surface area (Å²) in [5, 5.41) is 20.5. The van der Waals surface area contributed by atoms with Gasteiger partial charge < -0.3 is 10.4 Å². The summed E-state index contributed by atoms with van der Waals surface area (Å²) in [5.41, 5.74) is -0.682. The van der Waals surface area contributed by atoms with E-state index < -0.39 is 17.8 Å². The normalized spacial score (nSPS) is 12.9. The standard InChI is InChI=1S/C11H11F3N2O/c1-7(17)6-16-10-3-2-9(11(12,13)14)4-8(10)5-15/h2-4,7,16-17H,6H2,1H3. The summed E-state index contributed by atoms with van der Waals surface area (Å²) in [7, 11) is 0. The van der Waals surface area contributed by atoms with Gasteiger partial charge in [0.2, 0.25) is 0 Å². The van der Waals surface area contributed by atoms with Crippen molar-refractivity contribution in [3.8, 4) is 6.07 Å². The van der Waals surface area contributed by atoms with Gasteiger partial charge in [-0.25, -0.2) is 0 Å². The van der Waals surface area contributed by atoms with Crippen LogP contribution in [0.2, 0.25) is 0 Å². The van der Waals surface area contributed by atoms with Crippen LogP contribution in [-0.4, -0.2) is 17.8 Å². The van der Waals surface area contributed by atoms with Crippen LogP contribution in [0.25, 0.3) is 0 Å². The molecule has 0 amide bonds. The first-order valence-electron chi connectivity index (χ1n) is 4.88. The van der Waals surface area contributed by atoms with E-state index in [9.17, 15) is 13.2 Å². The van der Waals surface area contributed by atoms with Crippen molar-refractivity contribution in [3.05, 3.63) is 29.3 Å². The van der Waals surface area contributed by atoms with Gasteiger partial charge in [-0.05, 0) is 25.1 Å². The van der Waals surface area contributed by atoms with Crippen molar-refractivity contribution in [3.63, 3.8) is 0 Å². The van der Waals surface area contributed by atoms with Gasteiger partial charge in [-0.1, -0.05) is 0 Å². The van der Waals surface area contributed by atoms with E-state index in [1.54, 1.807) is 6.07 Å².